The van der Waals surface area contributed by atoms with Gasteiger partial charge in [0.25, 0.3) is 0 Å². The molecule has 0 aliphatic heterocycles. The van der Waals surface area contributed by atoms with Crippen molar-refractivity contribution in [2.24, 2.45) is 23.7 Å². The molecule has 0 N–H and O–H groups in total. The van der Waals surface area contributed by atoms with E-state index in [-0.39, 0.29) is 5.54 Å². The summed E-state index contributed by atoms with van der Waals surface area (Å²) < 4.78 is 0. The lowest BCUT2D eigenvalue weighted by Crippen LogP contribution is -2.46. The quantitative estimate of drug-likeness (QED) is 0.455. The van der Waals surface area contributed by atoms with Crippen molar-refractivity contribution in [1.29, 1.82) is 0 Å². The summed E-state index contributed by atoms with van der Waals surface area (Å²) in [5.41, 5.74) is 1.46. The molecule has 0 saturated heterocycles. The van der Waals surface area contributed by atoms with E-state index in [1.807, 2.05) is 0 Å². The minimum absolute atomic E-state index is 0.0900. The zero-order valence-corrected chi connectivity index (χ0v) is 11.7. The fourth-order valence-electron chi connectivity index (χ4n) is 4.00. The Hall–Kier alpha value is -0.770. The molecule has 0 heterocycles. The van der Waals surface area contributed by atoms with Gasteiger partial charge < -0.3 is 4.85 Å². The van der Waals surface area contributed by atoms with Crippen molar-refractivity contribution < 1.29 is 0 Å². The molecule has 0 spiro atoms. The van der Waals surface area contributed by atoms with Gasteiger partial charge in [-0.05, 0) is 43.9 Å². The molecular formula is C16H25N. The van der Waals surface area contributed by atoms with Crippen LogP contribution in [0.2, 0.25) is 0 Å². The van der Waals surface area contributed by atoms with Gasteiger partial charge in [0.1, 0.15) is 0 Å². The maximum atomic E-state index is 7.54. The number of allylic oxidation sites excluding steroid dienone is 2. The maximum absolute atomic E-state index is 7.54. The zero-order valence-electron chi connectivity index (χ0n) is 11.7. The van der Waals surface area contributed by atoms with Gasteiger partial charge in [0, 0.05) is 19.3 Å². The van der Waals surface area contributed by atoms with Crippen molar-refractivity contribution in [2.75, 3.05) is 0 Å². The molecule has 0 aromatic carbocycles. The normalized spacial score (nSPS) is 41.6. The molecule has 0 amide bonds. The van der Waals surface area contributed by atoms with Crippen molar-refractivity contribution in [3.63, 3.8) is 0 Å². The average molecular weight is 231 g/mol. The van der Waals surface area contributed by atoms with E-state index in [1.54, 1.807) is 5.57 Å². The number of nitrogens with zero attached hydrogens (tertiary/aromatic N) is 1. The van der Waals surface area contributed by atoms with Gasteiger partial charge in [-0.15, -0.1) is 0 Å². The van der Waals surface area contributed by atoms with Gasteiger partial charge in [-0.25, -0.2) is 6.57 Å². The Morgan fingerprint density at radius 1 is 1.41 bits per heavy atom. The van der Waals surface area contributed by atoms with Crippen LogP contribution >= 0.6 is 0 Å². The summed E-state index contributed by atoms with van der Waals surface area (Å²) in [5, 5.41) is 0. The standard InChI is InChI=1S/C16H25N/c1-11(2)13-8-9-16(4,17-5)15-7-6-12(3)10-14(13)15/h10-11,13-15H,6-9H2,1-4H3/t13-,14-,15+,16+/m0/s1. The van der Waals surface area contributed by atoms with Crippen LogP contribution in [0.25, 0.3) is 4.85 Å². The number of rotatable bonds is 1. The van der Waals surface area contributed by atoms with E-state index >= 15 is 0 Å². The molecule has 0 aromatic rings. The molecule has 0 unspecified atom stereocenters. The molecule has 1 nitrogen and oxygen atoms in total. The Labute approximate surface area is 106 Å². The third-order valence-electron chi connectivity index (χ3n) is 5.18. The van der Waals surface area contributed by atoms with Gasteiger partial charge in [-0.1, -0.05) is 25.5 Å². The Morgan fingerprint density at radius 3 is 2.71 bits per heavy atom. The van der Waals surface area contributed by atoms with Crippen LogP contribution in [0.3, 0.4) is 0 Å². The van der Waals surface area contributed by atoms with Crippen molar-refractivity contribution >= 4 is 0 Å². The third-order valence-corrected chi connectivity index (χ3v) is 5.18. The van der Waals surface area contributed by atoms with Crippen LogP contribution in [0.1, 0.15) is 53.4 Å². The van der Waals surface area contributed by atoms with Crippen molar-refractivity contribution in [3.8, 4) is 0 Å². The van der Waals surface area contributed by atoms with Crippen molar-refractivity contribution in [2.45, 2.75) is 58.9 Å². The highest BCUT2D eigenvalue weighted by molar-refractivity contribution is 5.17. The van der Waals surface area contributed by atoms with Crippen LogP contribution in [0.5, 0.6) is 0 Å². The first kappa shape index (κ1) is 12.7. The van der Waals surface area contributed by atoms with E-state index in [4.69, 9.17) is 6.57 Å². The molecule has 0 bridgehead atoms. The molecule has 1 fully saturated rings. The highest BCUT2D eigenvalue weighted by atomic mass is 14.8. The lowest BCUT2D eigenvalue weighted by atomic mass is 9.57. The van der Waals surface area contributed by atoms with Gasteiger partial charge in [0.15, 0.2) is 0 Å². The van der Waals surface area contributed by atoms with Crippen LogP contribution in [-0.2, 0) is 0 Å². The molecule has 2 aliphatic carbocycles. The highest BCUT2D eigenvalue weighted by Crippen LogP contribution is 2.51. The summed E-state index contributed by atoms with van der Waals surface area (Å²) in [6, 6.07) is 0. The van der Waals surface area contributed by atoms with E-state index in [0.29, 0.717) is 11.8 Å². The SMILES string of the molecule is [C-]#[N+][C@]1(C)CC[C@@H](C(C)C)[C@@H]2C=C(C)CC[C@H]21. The Balaban J connectivity index is 2.33. The summed E-state index contributed by atoms with van der Waals surface area (Å²) in [4.78, 5) is 4.00. The Morgan fingerprint density at radius 2 is 2.12 bits per heavy atom. The molecular weight excluding hydrogens is 206 g/mol. The van der Waals surface area contributed by atoms with Crippen LogP contribution in [0.15, 0.2) is 11.6 Å². The molecule has 1 heteroatoms. The topological polar surface area (TPSA) is 4.36 Å². The van der Waals surface area contributed by atoms with Crippen LogP contribution in [-0.4, -0.2) is 5.54 Å². The summed E-state index contributed by atoms with van der Waals surface area (Å²) in [6.45, 7) is 16.7. The molecule has 4 atom stereocenters. The van der Waals surface area contributed by atoms with E-state index < -0.39 is 0 Å². The van der Waals surface area contributed by atoms with Gasteiger partial charge in [-0.3, -0.25) is 0 Å². The van der Waals surface area contributed by atoms with Crippen molar-refractivity contribution in [1.82, 2.24) is 0 Å². The van der Waals surface area contributed by atoms with E-state index in [2.05, 4.69) is 38.6 Å². The molecule has 2 rings (SSSR count). The Kier molecular flexibility index (Phi) is 3.34. The lowest BCUT2D eigenvalue weighted by molar-refractivity contribution is 0.0861. The predicted octanol–water partition coefficient (Wildman–Crippen LogP) is 4.70. The first-order chi connectivity index (χ1) is 7.98. The molecule has 0 aromatic heterocycles. The summed E-state index contributed by atoms with van der Waals surface area (Å²) >= 11 is 0. The number of fused-ring (bicyclic) bond motifs is 1. The molecule has 2 aliphatic rings. The second kappa shape index (κ2) is 4.48. The number of hydrogen-bond acceptors (Lipinski definition) is 0. The largest absolute Gasteiger partial charge is 0.310 e. The van der Waals surface area contributed by atoms with Gasteiger partial charge in [0.2, 0.25) is 5.54 Å². The van der Waals surface area contributed by atoms with Gasteiger partial charge >= 0.3 is 0 Å². The average Bonchev–Trinajstić information content (AvgIpc) is 2.28. The maximum Gasteiger partial charge on any atom is 0.233 e. The lowest BCUT2D eigenvalue weighted by Gasteiger charge is -2.45. The fourth-order valence-corrected chi connectivity index (χ4v) is 4.00. The summed E-state index contributed by atoms with van der Waals surface area (Å²) in [5.74, 6) is 2.81. The first-order valence-electron chi connectivity index (χ1n) is 7.04. The fraction of sp³-hybridized carbons (Fsp3) is 0.812. The second-order valence-corrected chi connectivity index (χ2v) is 6.65. The predicted molar refractivity (Wildman–Crippen MR) is 72.5 cm³/mol. The van der Waals surface area contributed by atoms with E-state index in [9.17, 15) is 0 Å². The van der Waals surface area contributed by atoms with Gasteiger partial charge in [0.05, 0.1) is 0 Å². The first-order valence-corrected chi connectivity index (χ1v) is 7.04. The van der Waals surface area contributed by atoms with Crippen LogP contribution < -0.4 is 0 Å². The molecule has 1 saturated carbocycles. The zero-order chi connectivity index (χ0) is 12.6. The summed E-state index contributed by atoms with van der Waals surface area (Å²) in [6.07, 6.45) is 7.28. The van der Waals surface area contributed by atoms with Crippen LogP contribution in [0, 0.1) is 30.2 Å². The minimum Gasteiger partial charge on any atom is -0.310 e. The number of hydrogen-bond donors (Lipinski definition) is 0. The molecule has 94 valence electrons. The molecule has 0 radical (unpaired) electrons. The smallest absolute Gasteiger partial charge is 0.233 e. The van der Waals surface area contributed by atoms with Crippen molar-refractivity contribution in [3.05, 3.63) is 23.1 Å². The third kappa shape index (κ3) is 2.15. The summed E-state index contributed by atoms with van der Waals surface area (Å²) in [7, 11) is 0. The van der Waals surface area contributed by atoms with Gasteiger partial charge in [-0.2, -0.15) is 0 Å². The van der Waals surface area contributed by atoms with Crippen LogP contribution in [0.4, 0.5) is 0 Å². The van der Waals surface area contributed by atoms with E-state index in [0.717, 1.165) is 18.3 Å². The Bertz CT molecular complexity index is 360. The highest BCUT2D eigenvalue weighted by Gasteiger charge is 2.51. The monoisotopic (exact) mass is 231 g/mol. The molecule has 17 heavy (non-hydrogen) atoms. The second-order valence-electron chi connectivity index (χ2n) is 6.65. The minimum atomic E-state index is -0.0900. The van der Waals surface area contributed by atoms with E-state index in [1.165, 1.54) is 19.3 Å².